The van der Waals surface area contributed by atoms with E-state index in [2.05, 4.69) is 9.97 Å². The van der Waals surface area contributed by atoms with Gasteiger partial charge in [-0.05, 0) is 18.2 Å². The lowest BCUT2D eigenvalue weighted by atomic mass is 10.0. The molecule has 5 nitrogen and oxygen atoms in total. The van der Waals surface area contributed by atoms with Crippen LogP contribution in [0.1, 0.15) is 16.8 Å². The Morgan fingerprint density at radius 3 is 3.10 bits per heavy atom. The molecule has 0 spiro atoms. The molecule has 4 rings (SSSR count). The van der Waals surface area contributed by atoms with Gasteiger partial charge in [-0.15, -0.1) is 0 Å². The molecule has 3 aromatic rings. The maximum Gasteiger partial charge on any atom is 0.205 e. The van der Waals surface area contributed by atoms with Crippen LogP contribution in [-0.2, 0) is 12.8 Å². The summed E-state index contributed by atoms with van der Waals surface area (Å²) in [6.07, 6.45) is 4.56. The highest BCUT2D eigenvalue weighted by Crippen LogP contribution is 2.31. The third-order valence-electron chi connectivity index (χ3n) is 3.76. The molecule has 2 N–H and O–H groups in total. The summed E-state index contributed by atoms with van der Waals surface area (Å²) in [6.45, 7) is 0.605. The van der Waals surface area contributed by atoms with E-state index in [0.29, 0.717) is 30.2 Å². The molecule has 0 bridgehead atoms. The highest BCUT2D eigenvalue weighted by atomic mass is 19.1. The summed E-state index contributed by atoms with van der Waals surface area (Å²) < 4.78 is 21.3. The zero-order valence-corrected chi connectivity index (χ0v) is 11.2. The Morgan fingerprint density at radius 1 is 1.33 bits per heavy atom. The normalized spacial score (nSPS) is 13.4. The second kappa shape index (κ2) is 4.44. The second-order valence-corrected chi connectivity index (χ2v) is 5.04. The van der Waals surface area contributed by atoms with E-state index in [9.17, 15) is 4.39 Å². The van der Waals surface area contributed by atoms with Crippen molar-refractivity contribution in [1.29, 1.82) is 0 Å². The van der Waals surface area contributed by atoms with Gasteiger partial charge in [0.15, 0.2) is 0 Å². The molecule has 0 saturated carbocycles. The van der Waals surface area contributed by atoms with Gasteiger partial charge in [0.2, 0.25) is 5.95 Å². The largest absolute Gasteiger partial charge is 0.493 e. The molecule has 0 unspecified atom stereocenters. The van der Waals surface area contributed by atoms with E-state index in [1.807, 2.05) is 0 Å². The number of aromatic nitrogens is 3. The van der Waals surface area contributed by atoms with Crippen LogP contribution in [0.25, 0.3) is 5.65 Å². The van der Waals surface area contributed by atoms with E-state index in [1.165, 1.54) is 6.07 Å². The molecule has 1 aliphatic rings. The van der Waals surface area contributed by atoms with E-state index >= 15 is 0 Å². The van der Waals surface area contributed by atoms with Gasteiger partial charge in [-0.25, -0.2) is 14.4 Å². The van der Waals surface area contributed by atoms with Crippen molar-refractivity contribution < 1.29 is 9.13 Å². The highest BCUT2D eigenvalue weighted by Gasteiger charge is 2.20. The average Bonchev–Trinajstić information content (AvgIpc) is 3.09. The summed E-state index contributed by atoms with van der Waals surface area (Å²) in [4.78, 5) is 8.48. The first-order chi connectivity index (χ1) is 10.2. The van der Waals surface area contributed by atoms with Gasteiger partial charge >= 0.3 is 0 Å². The van der Waals surface area contributed by atoms with E-state index in [-0.39, 0.29) is 5.82 Å². The topological polar surface area (TPSA) is 65.4 Å². The fourth-order valence-electron chi connectivity index (χ4n) is 2.76. The van der Waals surface area contributed by atoms with Gasteiger partial charge in [-0.2, -0.15) is 0 Å². The minimum atomic E-state index is -0.220. The van der Waals surface area contributed by atoms with Crippen LogP contribution in [0.4, 0.5) is 10.3 Å². The summed E-state index contributed by atoms with van der Waals surface area (Å²) in [5.41, 5.74) is 8.86. The van der Waals surface area contributed by atoms with E-state index in [4.69, 9.17) is 10.5 Å². The number of hydrogen-bond donors (Lipinski definition) is 1. The molecular weight excluding hydrogens is 271 g/mol. The zero-order chi connectivity index (χ0) is 14.4. The van der Waals surface area contributed by atoms with Crippen molar-refractivity contribution in [2.75, 3.05) is 12.3 Å². The number of anilines is 1. The highest BCUT2D eigenvalue weighted by molar-refractivity contribution is 5.48. The number of hydrogen-bond acceptors (Lipinski definition) is 4. The third kappa shape index (κ3) is 1.91. The van der Waals surface area contributed by atoms with Crippen molar-refractivity contribution in [2.24, 2.45) is 0 Å². The lowest BCUT2D eigenvalue weighted by molar-refractivity contribution is 0.356. The molecule has 0 saturated heterocycles. The standard InChI is InChI=1S/C15H13FN4O/c16-12-1-2-13-10(4-6-21-13)11(12)7-9-8-20-14(19-9)3-5-18-15(20)17/h1-3,5,8H,4,6-7H2,(H2,17,18). The zero-order valence-electron chi connectivity index (χ0n) is 11.2. The Balaban J connectivity index is 1.79. The average molecular weight is 284 g/mol. The van der Waals surface area contributed by atoms with E-state index in [1.54, 1.807) is 28.9 Å². The van der Waals surface area contributed by atoms with Gasteiger partial charge in [0, 0.05) is 36.4 Å². The molecule has 0 radical (unpaired) electrons. The maximum atomic E-state index is 14.1. The molecule has 0 fully saturated rings. The summed E-state index contributed by atoms with van der Waals surface area (Å²) >= 11 is 0. The van der Waals surface area contributed by atoms with Gasteiger partial charge in [0.1, 0.15) is 17.2 Å². The van der Waals surface area contributed by atoms with Crippen molar-refractivity contribution in [3.8, 4) is 5.75 Å². The lowest BCUT2D eigenvalue weighted by Gasteiger charge is -2.06. The van der Waals surface area contributed by atoms with Crippen molar-refractivity contribution >= 4 is 11.6 Å². The maximum absolute atomic E-state index is 14.1. The summed E-state index contributed by atoms with van der Waals surface area (Å²) in [7, 11) is 0. The first-order valence-corrected chi connectivity index (χ1v) is 6.74. The van der Waals surface area contributed by atoms with Crippen molar-refractivity contribution in [3.05, 3.63) is 53.2 Å². The van der Waals surface area contributed by atoms with Gasteiger partial charge in [0.25, 0.3) is 0 Å². The number of rotatable bonds is 2. The van der Waals surface area contributed by atoms with Crippen molar-refractivity contribution in [3.63, 3.8) is 0 Å². The van der Waals surface area contributed by atoms with Gasteiger partial charge in [0.05, 0.1) is 12.3 Å². The number of benzene rings is 1. The van der Waals surface area contributed by atoms with E-state index in [0.717, 1.165) is 23.4 Å². The number of ether oxygens (including phenoxy) is 1. The van der Waals surface area contributed by atoms with Gasteiger partial charge in [-0.1, -0.05) is 0 Å². The summed E-state index contributed by atoms with van der Waals surface area (Å²) in [5, 5.41) is 0. The quantitative estimate of drug-likeness (QED) is 0.781. The van der Waals surface area contributed by atoms with Crippen LogP contribution in [0, 0.1) is 5.82 Å². The lowest BCUT2D eigenvalue weighted by Crippen LogP contribution is -1.98. The first kappa shape index (κ1) is 12.1. The van der Waals surface area contributed by atoms with Gasteiger partial charge < -0.3 is 10.5 Å². The van der Waals surface area contributed by atoms with Crippen molar-refractivity contribution in [1.82, 2.24) is 14.4 Å². The first-order valence-electron chi connectivity index (χ1n) is 6.74. The minimum absolute atomic E-state index is 0.220. The fourth-order valence-corrected chi connectivity index (χ4v) is 2.76. The van der Waals surface area contributed by atoms with Crippen LogP contribution >= 0.6 is 0 Å². The molecule has 1 aliphatic heterocycles. The third-order valence-corrected chi connectivity index (χ3v) is 3.76. The molecule has 3 heterocycles. The molecule has 0 atom stereocenters. The molecule has 0 aliphatic carbocycles. The molecule has 6 heteroatoms. The predicted molar refractivity (Wildman–Crippen MR) is 75.8 cm³/mol. The smallest absolute Gasteiger partial charge is 0.205 e. The van der Waals surface area contributed by atoms with Crippen LogP contribution in [0.2, 0.25) is 0 Å². The van der Waals surface area contributed by atoms with Crippen LogP contribution in [-0.4, -0.2) is 21.0 Å². The predicted octanol–water partition coefficient (Wildman–Crippen LogP) is 1.98. The Labute approximate surface area is 120 Å². The SMILES string of the molecule is Nc1nccc2nc(Cc3c(F)ccc4c3CCO4)cn12. The molecule has 21 heavy (non-hydrogen) atoms. The number of halogens is 1. The monoisotopic (exact) mass is 284 g/mol. The number of imidazole rings is 1. The number of nitrogens with zero attached hydrogens (tertiary/aromatic N) is 3. The number of nitrogen functional groups attached to an aromatic ring is 1. The Kier molecular flexibility index (Phi) is 2.57. The van der Waals surface area contributed by atoms with Crippen LogP contribution in [0.5, 0.6) is 5.75 Å². The van der Waals surface area contributed by atoms with Gasteiger partial charge in [-0.3, -0.25) is 4.40 Å². The number of fused-ring (bicyclic) bond motifs is 2. The summed E-state index contributed by atoms with van der Waals surface area (Å²) in [5.74, 6) is 0.923. The van der Waals surface area contributed by atoms with E-state index < -0.39 is 0 Å². The fraction of sp³-hybridized carbons (Fsp3) is 0.200. The molecule has 2 aromatic heterocycles. The number of nitrogens with two attached hydrogens (primary N) is 1. The minimum Gasteiger partial charge on any atom is -0.493 e. The summed E-state index contributed by atoms with van der Waals surface area (Å²) in [6, 6.07) is 4.91. The molecular formula is C15H13FN4O. The van der Waals surface area contributed by atoms with Crippen molar-refractivity contribution in [2.45, 2.75) is 12.8 Å². The second-order valence-electron chi connectivity index (χ2n) is 5.04. The Morgan fingerprint density at radius 2 is 2.24 bits per heavy atom. The van der Waals surface area contributed by atoms with Crippen LogP contribution < -0.4 is 10.5 Å². The molecule has 106 valence electrons. The Bertz CT molecular complexity index is 843. The Hall–Kier alpha value is -2.63. The van der Waals surface area contributed by atoms with Crippen LogP contribution in [0.15, 0.2) is 30.6 Å². The molecule has 1 aromatic carbocycles. The van der Waals surface area contributed by atoms with Crippen LogP contribution in [0.3, 0.4) is 0 Å². The molecule has 0 amide bonds.